The van der Waals surface area contributed by atoms with Gasteiger partial charge in [0, 0.05) is 10.4 Å². The standard InChI is InChI=1S/Ce.2Mo.2H3N.2H2O4S.8O/c;;;;;2*1-5(2,3)4;;;;;;;;/h;;;2*1H3;2*(H2,1,2,3,4);;;;;;;;/q+4;;;;;;;;;;;4*-1. The number of quaternary nitrogens is 2. The molecule has 0 saturated heterocycles. The molecule has 0 aromatic rings. The number of hydrogen-bond acceptors (Lipinski definition) is 14. The van der Waals surface area contributed by atoms with E-state index in [1.54, 1.807) is 0 Å². The second-order valence-corrected chi connectivity index (χ2v) is 7.40. The van der Waals surface area contributed by atoms with E-state index in [0.717, 1.165) is 0 Å². The van der Waals surface area contributed by atoms with Crippen molar-refractivity contribution in [1.82, 2.24) is 12.3 Å². The summed E-state index contributed by atoms with van der Waals surface area (Å²) in [5.41, 5.74) is 0. The average Bonchev–Trinajstić information content (AvgIpc) is 1.62. The summed E-state index contributed by atoms with van der Waals surface area (Å²) in [5, 5.41) is 0. The first-order chi connectivity index (χ1) is 8.00. The fourth-order valence-electron chi connectivity index (χ4n) is 0. The van der Waals surface area contributed by atoms with Crippen molar-refractivity contribution < 1.29 is 139 Å². The summed E-state index contributed by atoms with van der Waals surface area (Å²) in [5.74, 6) is 0. The molecule has 0 heterocycles. The Bertz CT molecular complexity index is 487. The fourth-order valence-corrected chi connectivity index (χ4v) is 0. The van der Waals surface area contributed by atoms with Crippen LogP contribution < -0.4 is 27.3 Å². The molecule has 144 valence electrons. The molecule has 0 rings (SSSR count). The van der Waals surface area contributed by atoms with Crippen LogP contribution in [-0.2, 0) is 67.9 Å². The van der Waals surface area contributed by atoms with E-state index in [-0.39, 0.29) is 54.0 Å². The van der Waals surface area contributed by atoms with Gasteiger partial charge in [-0.25, -0.2) is 0 Å². The molecule has 0 bridgehead atoms. The van der Waals surface area contributed by atoms with Crippen LogP contribution in [0.25, 0.3) is 0 Å². The van der Waals surface area contributed by atoms with Crippen molar-refractivity contribution in [3.8, 4) is 0 Å². The van der Waals surface area contributed by atoms with Crippen molar-refractivity contribution in [2.75, 3.05) is 0 Å². The summed E-state index contributed by atoms with van der Waals surface area (Å²) in [6.45, 7) is 0. The predicted molar refractivity (Wildman–Crippen MR) is 39.4 cm³/mol. The van der Waals surface area contributed by atoms with Gasteiger partial charge in [-0.2, -0.15) is 8.42 Å². The fraction of sp³-hybridized carbons (Fsp3) is 0. The first-order valence-corrected chi connectivity index (χ1v) is 12.0. The Balaban J connectivity index is -0.0000000284. The van der Waals surface area contributed by atoms with Crippen molar-refractivity contribution in [1.29, 1.82) is 0 Å². The van der Waals surface area contributed by atoms with Crippen LogP contribution in [0, 0.1) is 41.7 Å². The normalized spacial score (nSPS) is 10.1. The minimum atomic E-state index is -6.02. The maximum atomic E-state index is 8.74. The zero-order valence-corrected chi connectivity index (χ0v) is 19.5. The third-order valence-corrected chi connectivity index (χ3v) is 0. The molecule has 0 aromatic carbocycles. The van der Waals surface area contributed by atoms with Crippen LogP contribution in [0.15, 0.2) is 0 Å². The second-order valence-electron chi connectivity index (χ2n) is 1.67. The summed E-state index contributed by atoms with van der Waals surface area (Å²) in [7, 11) is -9.83. The van der Waals surface area contributed by atoms with E-state index in [9.17, 15) is 0 Å². The maximum absolute atomic E-state index is 8.74. The molecule has 0 aromatic heterocycles. The third-order valence-electron chi connectivity index (χ3n) is 0. The van der Waals surface area contributed by atoms with Gasteiger partial charge in [0.2, 0.25) is 0 Å². The minimum absolute atomic E-state index is 0. The Morgan fingerprint density at radius 2 is 0.652 bits per heavy atom. The average molecular weight is 690 g/mol. The third kappa shape index (κ3) is 5110. The molecule has 0 aliphatic heterocycles. The summed E-state index contributed by atoms with van der Waals surface area (Å²) >= 11 is -12.0. The van der Waals surface area contributed by atoms with E-state index in [4.69, 9.17) is 63.7 Å². The van der Waals surface area contributed by atoms with Crippen molar-refractivity contribution in [2.45, 2.75) is 0 Å². The molecule has 0 spiro atoms. The molecule has 0 atom stereocenters. The molecule has 0 aliphatic carbocycles. The van der Waals surface area contributed by atoms with Crippen molar-refractivity contribution in [3.05, 3.63) is 0 Å². The molecule has 0 saturated carbocycles. The molecule has 0 radical (unpaired) electrons. The van der Waals surface area contributed by atoms with E-state index in [0.29, 0.717) is 0 Å². The Kier molecular flexibility index (Phi) is 35.0. The van der Waals surface area contributed by atoms with E-state index >= 15 is 0 Å². The van der Waals surface area contributed by atoms with Crippen LogP contribution in [0.2, 0.25) is 0 Å². The SMILES string of the molecule is O=S(=O)(O)O.O=S(=O)([O-])[O-].[Ce+4].[NH4+].[NH4+].[O]=[Mo](=[O])([O-])[O-].[O]=[Mo](=[O])([O-])[O-]. The first kappa shape index (κ1) is 44.2. The Hall–Kier alpha value is 1.45. The van der Waals surface area contributed by atoms with Gasteiger partial charge in [0.1, 0.15) is 0 Å². The van der Waals surface area contributed by atoms with Crippen LogP contribution in [0.5, 0.6) is 0 Å². The van der Waals surface area contributed by atoms with Gasteiger partial charge in [-0.15, -0.1) is 0 Å². The quantitative estimate of drug-likeness (QED) is 0.104. The molecule has 0 fully saturated rings. The predicted octanol–water partition coefficient (Wildman–Crippen LogP) is -6.47. The van der Waals surface area contributed by atoms with Gasteiger partial charge in [0.05, 0.1) is 0 Å². The van der Waals surface area contributed by atoms with Crippen molar-refractivity contribution in [2.24, 2.45) is 0 Å². The second kappa shape index (κ2) is 18.3. The van der Waals surface area contributed by atoms with Crippen molar-refractivity contribution >= 4 is 20.8 Å². The van der Waals surface area contributed by atoms with Gasteiger partial charge >= 0.3 is 114 Å². The van der Waals surface area contributed by atoms with Gasteiger partial charge < -0.3 is 21.4 Å². The van der Waals surface area contributed by atoms with Gasteiger partial charge in [-0.3, -0.25) is 17.5 Å². The van der Waals surface area contributed by atoms with E-state index < -0.39 is 54.3 Å². The number of rotatable bonds is 0. The van der Waals surface area contributed by atoms with Gasteiger partial charge in [-0.1, -0.05) is 0 Å². The summed E-state index contributed by atoms with van der Waals surface area (Å²) in [6.07, 6.45) is 0. The molecule has 0 unspecified atom stereocenters. The summed E-state index contributed by atoms with van der Waals surface area (Å²) < 4.78 is 135. The molecule has 18 nitrogen and oxygen atoms in total. The molecular formula is H10CeMo2N2O16S2. The van der Waals surface area contributed by atoms with Crippen molar-refractivity contribution in [3.63, 3.8) is 0 Å². The van der Waals surface area contributed by atoms with E-state index in [2.05, 4.69) is 0 Å². The Morgan fingerprint density at radius 3 is 0.652 bits per heavy atom. The van der Waals surface area contributed by atoms with Crippen LogP contribution >= 0.6 is 0 Å². The molecule has 0 amide bonds. The van der Waals surface area contributed by atoms with Crippen LogP contribution in [0.1, 0.15) is 0 Å². The van der Waals surface area contributed by atoms with Gasteiger partial charge in [0.15, 0.2) is 0 Å². The van der Waals surface area contributed by atoms with E-state index in [1.165, 1.54) is 0 Å². The Labute approximate surface area is 170 Å². The topological polar surface area (TPSA) is 388 Å². The number of hydrogen-bond donors (Lipinski definition) is 4. The molecular weight excluding hydrogens is 680 g/mol. The van der Waals surface area contributed by atoms with Crippen LogP contribution in [0.4, 0.5) is 0 Å². The van der Waals surface area contributed by atoms with Crippen LogP contribution in [0.3, 0.4) is 0 Å². The van der Waals surface area contributed by atoms with E-state index in [1.807, 2.05) is 0 Å². The Morgan fingerprint density at radius 1 is 0.652 bits per heavy atom. The van der Waals surface area contributed by atoms with Crippen LogP contribution in [-0.4, -0.2) is 35.0 Å². The molecule has 23 heavy (non-hydrogen) atoms. The van der Waals surface area contributed by atoms with Gasteiger partial charge in [0.25, 0.3) is 0 Å². The molecule has 10 N–H and O–H groups in total. The summed E-state index contributed by atoms with van der Waals surface area (Å²) in [4.78, 5) is 0. The molecule has 23 heteroatoms. The zero-order chi connectivity index (χ0) is 18.0. The van der Waals surface area contributed by atoms with Gasteiger partial charge in [-0.05, 0) is 0 Å². The first-order valence-electron chi connectivity index (χ1n) is 2.70. The summed E-state index contributed by atoms with van der Waals surface area (Å²) in [6, 6.07) is 0. The monoisotopic (exact) mass is 694 g/mol. The molecule has 0 aliphatic rings. The zero-order valence-electron chi connectivity index (χ0n) is 10.7.